The number of aromatic nitrogens is 1. The summed E-state index contributed by atoms with van der Waals surface area (Å²) < 4.78 is 2.04. The molecule has 76 valence electrons. The highest BCUT2D eigenvalue weighted by molar-refractivity contribution is 6.00. The van der Waals surface area contributed by atoms with E-state index in [1.165, 1.54) is 0 Å². The number of fused-ring (bicyclic) bond motifs is 1. The SMILES string of the molecule is CCC(=C=O)c1cn(C)c2ccccc12. The lowest BCUT2D eigenvalue weighted by molar-refractivity contribution is 0.569. The second kappa shape index (κ2) is 3.76. The lowest BCUT2D eigenvalue weighted by Gasteiger charge is -1.96. The van der Waals surface area contributed by atoms with Gasteiger partial charge in [0.2, 0.25) is 0 Å². The normalized spacial score (nSPS) is 10.3. The van der Waals surface area contributed by atoms with E-state index in [4.69, 9.17) is 0 Å². The molecule has 1 aromatic carbocycles. The average Bonchev–Trinajstić information content (AvgIpc) is 2.60. The van der Waals surface area contributed by atoms with Gasteiger partial charge in [-0.15, -0.1) is 0 Å². The summed E-state index contributed by atoms with van der Waals surface area (Å²) in [6.07, 6.45) is 2.71. The molecule has 0 saturated heterocycles. The molecule has 0 N–H and O–H groups in total. The molecule has 2 heteroatoms. The number of aryl methyl sites for hydroxylation is 1. The van der Waals surface area contributed by atoms with Crippen molar-refractivity contribution in [1.29, 1.82) is 0 Å². The van der Waals surface area contributed by atoms with Gasteiger partial charge in [-0.2, -0.15) is 0 Å². The first kappa shape index (κ1) is 9.75. The summed E-state index contributed by atoms with van der Waals surface area (Å²) in [4.78, 5) is 10.8. The minimum absolute atomic E-state index is 0.720. The Labute approximate surface area is 88.8 Å². The van der Waals surface area contributed by atoms with Crippen LogP contribution in [0.5, 0.6) is 0 Å². The molecule has 2 aromatic rings. The summed E-state index contributed by atoms with van der Waals surface area (Å²) in [6.45, 7) is 1.97. The van der Waals surface area contributed by atoms with Crippen LogP contribution in [0.4, 0.5) is 0 Å². The van der Waals surface area contributed by atoms with Gasteiger partial charge in [-0.25, -0.2) is 4.79 Å². The molecule has 0 radical (unpaired) electrons. The predicted molar refractivity (Wildman–Crippen MR) is 62.3 cm³/mol. The Hall–Kier alpha value is -1.79. The van der Waals surface area contributed by atoms with Crippen molar-refractivity contribution in [3.8, 4) is 0 Å². The maximum Gasteiger partial charge on any atom is 0.128 e. The molecule has 0 amide bonds. The predicted octanol–water partition coefficient (Wildman–Crippen LogP) is 2.80. The summed E-state index contributed by atoms with van der Waals surface area (Å²) in [7, 11) is 1.99. The highest BCUT2D eigenvalue weighted by Gasteiger charge is 2.09. The first-order valence-corrected chi connectivity index (χ1v) is 5.06. The summed E-state index contributed by atoms with van der Waals surface area (Å²) in [5, 5.41) is 1.13. The Morgan fingerprint density at radius 2 is 2.13 bits per heavy atom. The molecule has 2 nitrogen and oxygen atoms in total. The molecular formula is C13H13NO. The van der Waals surface area contributed by atoms with Crippen molar-refractivity contribution in [3.05, 3.63) is 36.0 Å². The maximum absolute atomic E-state index is 10.8. The van der Waals surface area contributed by atoms with Crippen LogP contribution in [0.25, 0.3) is 16.5 Å². The fraction of sp³-hybridized carbons (Fsp3) is 0.231. The fourth-order valence-corrected chi connectivity index (χ4v) is 1.90. The topological polar surface area (TPSA) is 22.0 Å². The number of benzene rings is 1. The Morgan fingerprint density at radius 3 is 2.80 bits per heavy atom. The molecule has 0 aliphatic carbocycles. The van der Waals surface area contributed by atoms with E-state index in [2.05, 4.69) is 6.07 Å². The van der Waals surface area contributed by atoms with Crippen LogP contribution in [0, 0.1) is 0 Å². The second-order valence-electron chi connectivity index (χ2n) is 3.60. The third kappa shape index (κ3) is 1.49. The summed E-state index contributed by atoms with van der Waals surface area (Å²) in [5.74, 6) is 2.03. The molecule has 0 atom stereocenters. The van der Waals surface area contributed by atoms with Crippen LogP contribution in [0.15, 0.2) is 30.5 Å². The highest BCUT2D eigenvalue weighted by atomic mass is 16.1. The van der Waals surface area contributed by atoms with Gasteiger partial charge in [0.15, 0.2) is 0 Å². The summed E-state index contributed by atoms with van der Waals surface area (Å²) in [5.41, 5.74) is 2.89. The number of allylic oxidation sites excluding steroid dienone is 1. The van der Waals surface area contributed by atoms with Gasteiger partial charge in [0.05, 0.1) is 0 Å². The molecular weight excluding hydrogens is 186 g/mol. The molecule has 0 bridgehead atoms. The smallest absolute Gasteiger partial charge is 0.128 e. The lowest BCUT2D eigenvalue weighted by Crippen LogP contribution is -1.83. The van der Waals surface area contributed by atoms with Crippen molar-refractivity contribution >= 4 is 22.4 Å². The van der Waals surface area contributed by atoms with E-state index in [1.807, 2.05) is 48.9 Å². The second-order valence-corrected chi connectivity index (χ2v) is 3.60. The van der Waals surface area contributed by atoms with Gasteiger partial charge in [0.1, 0.15) is 5.94 Å². The average molecular weight is 199 g/mol. The molecule has 2 rings (SSSR count). The van der Waals surface area contributed by atoms with E-state index < -0.39 is 0 Å². The molecule has 15 heavy (non-hydrogen) atoms. The van der Waals surface area contributed by atoms with Crippen molar-refractivity contribution in [2.45, 2.75) is 13.3 Å². The van der Waals surface area contributed by atoms with Crippen molar-refractivity contribution in [1.82, 2.24) is 4.57 Å². The molecule has 0 unspecified atom stereocenters. The number of para-hydroxylation sites is 1. The number of hydrogen-bond acceptors (Lipinski definition) is 1. The minimum atomic E-state index is 0.720. The summed E-state index contributed by atoms with van der Waals surface area (Å²) in [6, 6.07) is 8.08. The van der Waals surface area contributed by atoms with Crippen molar-refractivity contribution in [2.75, 3.05) is 0 Å². The zero-order valence-electron chi connectivity index (χ0n) is 8.95. The monoisotopic (exact) mass is 199 g/mol. The minimum Gasteiger partial charge on any atom is -0.350 e. The fourth-order valence-electron chi connectivity index (χ4n) is 1.90. The third-order valence-corrected chi connectivity index (χ3v) is 2.70. The largest absolute Gasteiger partial charge is 0.350 e. The van der Waals surface area contributed by atoms with Crippen molar-refractivity contribution < 1.29 is 4.79 Å². The molecule has 0 aliphatic heterocycles. The van der Waals surface area contributed by atoms with Gasteiger partial charge >= 0.3 is 0 Å². The summed E-state index contributed by atoms with van der Waals surface area (Å²) >= 11 is 0. The van der Waals surface area contributed by atoms with Gasteiger partial charge in [0.25, 0.3) is 0 Å². The standard InChI is InChI=1S/C13H13NO/c1-3-10(9-15)12-8-14(2)13-7-5-4-6-11(12)13/h4-8H,3H2,1-2H3. The van der Waals surface area contributed by atoms with Crippen LogP contribution in [0.1, 0.15) is 18.9 Å². The molecule has 0 aliphatic rings. The highest BCUT2D eigenvalue weighted by Crippen LogP contribution is 2.26. The van der Waals surface area contributed by atoms with Crippen LogP contribution in [0.3, 0.4) is 0 Å². The van der Waals surface area contributed by atoms with Crippen LogP contribution < -0.4 is 0 Å². The van der Waals surface area contributed by atoms with E-state index >= 15 is 0 Å². The van der Waals surface area contributed by atoms with E-state index in [0.29, 0.717) is 0 Å². The number of nitrogens with zero attached hydrogens (tertiary/aromatic N) is 1. The van der Waals surface area contributed by atoms with Crippen LogP contribution in [0.2, 0.25) is 0 Å². The van der Waals surface area contributed by atoms with Crippen LogP contribution in [-0.4, -0.2) is 10.5 Å². The van der Waals surface area contributed by atoms with E-state index in [1.54, 1.807) is 0 Å². The van der Waals surface area contributed by atoms with Gasteiger partial charge in [-0.1, -0.05) is 25.1 Å². The molecule has 1 aromatic heterocycles. The molecule has 0 fully saturated rings. The number of hydrogen-bond donors (Lipinski definition) is 0. The Morgan fingerprint density at radius 1 is 1.40 bits per heavy atom. The molecule has 0 spiro atoms. The number of rotatable bonds is 2. The first-order chi connectivity index (χ1) is 7.27. The van der Waals surface area contributed by atoms with E-state index in [-0.39, 0.29) is 0 Å². The quantitative estimate of drug-likeness (QED) is 0.682. The maximum atomic E-state index is 10.8. The van der Waals surface area contributed by atoms with Crippen LogP contribution in [-0.2, 0) is 11.8 Å². The van der Waals surface area contributed by atoms with E-state index in [9.17, 15) is 4.79 Å². The Kier molecular flexibility index (Phi) is 2.44. The Balaban J connectivity index is 2.77. The zero-order valence-corrected chi connectivity index (χ0v) is 8.95. The third-order valence-electron chi connectivity index (χ3n) is 2.70. The van der Waals surface area contributed by atoms with Crippen molar-refractivity contribution in [3.63, 3.8) is 0 Å². The Bertz CT molecular complexity index is 545. The number of carbonyl (C=O) groups excluding carboxylic acids is 1. The van der Waals surface area contributed by atoms with Gasteiger partial charge in [-0.3, -0.25) is 0 Å². The van der Waals surface area contributed by atoms with E-state index in [0.717, 1.165) is 28.5 Å². The van der Waals surface area contributed by atoms with Crippen LogP contribution >= 0.6 is 0 Å². The zero-order chi connectivity index (χ0) is 10.8. The first-order valence-electron chi connectivity index (χ1n) is 5.06. The van der Waals surface area contributed by atoms with Crippen molar-refractivity contribution in [2.24, 2.45) is 7.05 Å². The lowest BCUT2D eigenvalue weighted by atomic mass is 10.0. The molecule has 1 heterocycles. The molecule has 0 saturated carbocycles. The van der Waals surface area contributed by atoms with Gasteiger partial charge in [0, 0.05) is 35.3 Å². The van der Waals surface area contributed by atoms with Gasteiger partial charge in [-0.05, 0) is 12.5 Å². The van der Waals surface area contributed by atoms with Gasteiger partial charge < -0.3 is 4.57 Å².